The molecule has 1 aromatic carbocycles. The average molecular weight is 386 g/mol. The summed E-state index contributed by atoms with van der Waals surface area (Å²) >= 11 is 0. The van der Waals surface area contributed by atoms with E-state index in [1.807, 2.05) is 24.3 Å². The summed E-state index contributed by atoms with van der Waals surface area (Å²) in [7, 11) is 0. The topological polar surface area (TPSA) is 79.6 Å². The summed E-state index contributed by atoms with van der Waals surface area (Å²) in [5, 5.41) is 13.8. The lowest BCUT2D eigenvalue weighted by molar-refractivity contribution is -0.122. The number of imidazole rings is 1. The molecule has 0 radical (unpaired) electrons. The van der Waals surface area contributed by atoms with E-state index in [0.29, 0.717) is 13.0 Å². The van der Waals surface area contributed by atoms with Crippen LogP contribution in [0, 0.1) is 0 Å². The van der Waals surface area contributed by atoms with Crippen LogP contribution in [0.3, 0.4) is 0 Å². The van der Waals surface area contributed by atoms with Crippen LogP contribution < -0.4 is 5.32 Å². The highest BCUT2D eigenvalue weighted by Gasteiger charge is 2.39. The Hall–Kier alpha value is -1.96. The average Bonchev–Trinajstić information content (AvgIpc) is 3.27. The summed E-state index contributed by atoms with van der Waals surface area (Å²) in [6, 6.07) is 8.00. The molecular weight excluding hydrogens is 356 g/mol. The van der Waals surface area contributed by atoms with Crippen molar-refractivity contribution in [3.8, 4) is 0 Å². The molecule has 152 valence electrons. The van der Waals surface area contributed by atoms with Gasteiger partial charge in [0.15, 0.2) is 0 Å². The van der Waals surface area contributed by atoms with Crippen molar-refractivity contribution in [3.63, 3.8) is 0 Å². The van der Waals surface area contributed by atoms with Gasteiger partial charge in [-0.15, -0.1) is 0 Å². The summed E-state index contributed by atoms with van der Waals surface area (Å²) in [5.41, 5.74) is 2.04. The fourth-order valence-corrected chi connectivity index (χ4v) is 4.56. The molecule has 7 heteroatoms. The molecule has 0 unspecified atom stereocenters. The predicted octanol–water partition coefficient (Wildman–Crippen LogP) is 1.33. The minimum absolute atomic E-state index is 0.00786. The molecule has 2 aliphatic rings. The number of benzene rings is 1. The fourth-order valence-electron chi connectivity index (χ4n) is 4.56. The first kappa shape index (κ1) is 19.4. The van der Waals surface area contributed by atoms with Crippen LogP contribution in [-0.2, 0) is 22.5 Å². The quantitative estimate of drug-likeness (QED) is 0.783. The Labute approximate surface area is 165 Å². The highest BCUT2D eigenvalue weighted by atomic mass is 16.5. The highest BCUT2D eigenvalue weighted by molar-refractivity contribution is 5.78. The molecule has 3 atom stereocenters. The Kier molecular flexibility index (Phi) is 5.94. The number of nitrogens with one attached hydrogen (secondary N) is 1. The molecule has 4 rings (SSSR count). The molecule has 7 nitrogen and oxygen atoms in total. The van der Waals surface area contributed by atoms with E-state index in [0.717, 1.165) is 62.4 Å². The van der Waals surface area contributed by atoms with Crippen molar-refractivity contribution in [3.05, 3.63) is 30.1 Å². The number of rotatable bonds is 6. The fraction of sp³-hybridized carbons (Fsp3) is 0.619. The number of para-hydroxylation sites is 2. The van der Waals surface area contributed by atoms with Crippen LogP contribution >= 0.6 is 0 Å². The largest absolute Gasteiger partial charge is 0.389 e. The van der Waals surface area contributed by atoms with E-state index in [1.165, 1.54) is 0 Å². The summed E-state index contributed by atoms with van der Waals surface area (Å²) < 4.78 is 7.54. The Balaban J connectivity index is 1.34. The molecule has 1 aliphatic carbocycles. The standard InChI is InChI=1S/C21H30N4O3/c1-2-19-22-15-5-3-4-6-17(15)25(19)10-9-20(26)23-16-7-8-18(21(16)27)24-11-13-28-14-12-24/h3-6,16,18,21,27H,2,7-14H2,1H3,(H,23,26)/t16-,18-,21-/m1/s1. The van der Waals surface area contributed by atoms with Crippen molar-refractivity contribution in [2.45, 2.75) is 57.3 Å². The molecule has 0 spiro atoms. The number of ether oxygens (including phenoxy) is 1. The van der Waals surface area contributed by atoms with Gasteiger partial charge in [0.2, 0.25) is 5.91 Å². The normalized spacial score (nSPS) is 26.0. The Morgan fingerprint density at radius 3 is 2.86 bits per heavy atom. The second-order valence-electron chi connectivity index (χ2n) is 7.73. The molecule has 0 bridgehead atoms. The number of hydrogen-bond donors (Lipinski definition) is 2. The second kappa shape index (κ2) is 8.59. The lowest BCUT2D eigenvalue weighted by atomic mass is 10.1. The van der Waals surface area contributed by atoms with Gasteiger partial charge in [-0.05, 0) is 25.0 Å². The van der Waals surface area contributed by atoms with Gasteiger partial charge in [0.05, 0.1) is 36.4 Å². The molecular formula is C21H30N4O3. The van der Waals surface area contributed by atoms with E-state index in [2.05, 4.69) is 26.7 Å². The number of nitrogens with zero attached hydrogens (tertiary/aromatic N) is 3. The van der Waals surface area contributed by atoms with Gasteiger partial charge in [0.1, 0.15) is 5.82 Å². The molecule has 1 saturated carbocycles. The van der Waals surface area contributed by atoms with Crippen LogP contribution in [0.5, 0.6) is 0 Å². The number of morpholine rings is 1. The zero-order chi connectivity index (χ0) is 19.5. The maximum Gasteiger partial charge on any atom is 0.222 e. The van der Waals surface area contributed by atoms with Crippen LogP contribution in [0.1, 0.15) is 32.0 Å². The second-order valence-corrected chi connectivity index (χ2v) is 7.73. The van der Waals surface area contributed by atoms with Gasteiger partial charge in [-0.2, -0.15) is 0 Å². The number of aromatic nitrogens is 2. The van der Waals surface area contributed by atoms with Crippen LogP contribution in [0.15, 0.2) is 24.3 Å². The van der Waals surface area contributed by atoms with Crippen LogP contribution in [-0.4, -0.2) is 70.0 Å². The lowest BCUT2D eigenvalue weighted by Crippen LogP contribution is -2.51. The van der Waals surface area contributed by atoms with Gasteiger partial charge in [0.25, 0.3) is 0 Å². The van der Waals surface area contributed by atoms with Crippen molar-refractivity contribution in [2.75, 3.05) is 26.3 Å². The van der Waals surface area contributed by atoms with Crippen molar-refractivity contribution >= 4 is 16.9 Å². The molecule has 1 aliphatic heterocycles. The number of aryl methyl sites for hydroxylation is 2. The van der Waals surface area contributed by atoms with E-state index in [4.69, 9.17) is 4.74 Å². The van der Waals surface area contributed by atoms with E-state index in [9.17, 15) is 9.90 Å². The maximum atomic E-state index is 12.6. The molecule has 2 fully saturated rings. The highest BCUT2D eigenvalue weighted by Crippen LogP contribution is 2.26. The predicted molar refractivity (Wildman–Crippen MR) is 107 cm³/mol. The Bertz CT molecular complexity index is 815. The molecule has 28 heavy (non-hydrogen) atoms. The number of carbonyl (C=O) groups excluding carboxylic acids is 1. The third-order valence-corrected chi connectivity index (χ3v) is 6.05. The molecule has 1 aromatic heterocycles. The molecule has 1 saturated heterocycles. The maximum absolute atomic E-state index is 12.6. The SMILES string of the molecule is CCc1nc2ccccc2n1CCC(=O)N[C@@H]1CC[C@@H](N2CCOCC2)[C@@H]1O. The van der Waals surface area contributed by atoms with E-state index < -0.39 is 6.10 Å². The van der Waals surface area contributed by atoms with Crippen molar-refractivity contribution < 1.29 is 14.6 Å². The Morgan fingerprint density at radius 1 is 1.29 bits per heavy atom. The first-order chi connectivity index (χ1) is 13.7. The molecule has 2 heterocycles. The summed E-state index contributed by atoms with van der Waals surface area (Å²) in [6.07, 6.45) is 2.45. The van der Waals surface area contributed by atoms with Gasteiger partial charge in [-0.1, -0.05) is 19.1 Å². The number of carbonyl (C=O) groups is 1. The number of amides is 1. The summed E-state index contributed by atoms with van der Waals surface area (Å²) in [6.45, 7) is 5.84. The van der Waals surface area contributed by atoms with Gasteiger partial charge in [-0.25, -0.2) is 4.98 Å². The van der Waals surface area contributed by atoms with E-state index in [-0.39, 0.29) is 18.0 Å². The van der Waals surface area contributed by atoms with Crippen molar-refractivity contribution in [1.29, 1.82) is 0 Å². The van der Waals surface area contributed by atoms with Crippen LogP contribution in [0.2, 0.25) is 0 Å². The summed E-state index contributed by atoms with van der Waals surface area (Å²) in [4.78, 5) is 19.5. The van der Waals surface area contributed by atoms with Crippen molar-refractivity contribution in [2.24, 2.45) is 0 Å². The first-order valence-electron chi connectivity index (χ1n) is 10.4. The van der Waals surface area contributed by atoms with Crippen LogP contribution in [0.25, 0.3) is 11.0 Å². The first-order valence-corrected chi connectivity index (χ1v) is 10.4. The minimum Gasteiger partial charge on any atom is -0.389 e. The number of aliphatic hydroxyl groups excluding tert-OH is 1. The van der Waals surface area contributed by atoms with Gasteiger partial charge < -0.3 is 19.7 Å². The molecule has 1 amide bonds. The van der Waals surface area contributed by atoms with Crippen LogP contribution in [0.4, 0.5) is 0 Å². The minimum atomic E-state index is -0.512. The molecule has 2 N–H and O–H groups in total. The van der Waals surface area contributed by atoms with E-state index in [1.54, 1.807) is 0 Å². The third-order valence-electron chi connectivity index (χ3n) is 6.05. The number of aliphatic hydroxyl groups is 1. The summed E-state index contributed by atoms with van der Waals surface area (Å²) in [5.74, 6) is 0.994. The number of hydrogen-bond acceptors (Lipinski definition) is 5. The van der Waals surface area contributed by atoms with Crippen molar-refractivity contribution in [1.82, 2.24) is 19.8 Å². The van der Waals surface area contributed by atoms with Gasteiger partial charge in [-0.3, -0.25) is 9.69 Å². The van der Waals surface area contributed by atoms with Gasteiger partial charge >= 0.3 is 0 Å². The number of fused-ring (bicyclic) bond motifs is 1. The Morgan fingerprint density at radius 2 is 2.07 bits per heavy atom. The monoisotopic (exact) mass is 386 g/mol. The van der Waals surface area contributed by atoms with Gasteiger partial charge in [0, 0.05) is 38.5 Å². The third kappa shape index (κ3) is 3.92. The lowest BCUT2D eigenvalue weighted by Gasteiger charge is -2.34. The smallest absolute Gasteiger partial charge is 0.222 e. The van der Waals surface area contributed by atoms with E-state index >= 15 is 0 Å². The molecule has 2 aromatic rings. The zero-order valence-electron chi connectivity index (χ0n) is 16.5. The zero-order valence-corrected chi connectivity index (χ0v) is 16.5.